The highest BCUT2D eigenvalue weighted by Crippen LogP contribution is 2.31. The number of carbonyl (C=O) groups excluding carboxylic acids is 1. The molecule has 0 unspecified atom stereocenters. The lowest BCUT2D eigenvalue weighted by Crippen LogP contribution is -2.18. The Morgan fingerprint density at radius 2 is 1.88 bits per heavy atom. The van der Waals surface area contributed by atoms with Gasteiger partial charge in [-0.05, 0) is 35.9 Å². The van der Waals surface area contributed by atoms with Gasteiger partial charge in [-0.15, -0.1) is 0 Å². The molecule has 3 N–H and O–H groups in total. The summed E-state index contributed by atoms with van der Waals surface area (Å²) < 4.78 is 39.2. The molecule has 1 heterocycles. The van der Waals surface area contributed by atoms with Crippen molar-refractivity contribution in [3.8, 4) is 17.2 Å². The first-order valence-electron chi connectivity index (χ1n) is 7.76. The minimum atomic E-state index is -3.98. The number of methoxy groups -OCH3 is 1. The zero-order valence-corrected chi connectivity index (χ0v) is 14.8. The molecule has 8 nitrogen and oxygen atoms in total. The molecule has 0 aliphatic carbocycles. The minimum Gasteiger partial charge on any atom is -0.495 e. The van der Waals surface area contributed by atoms with Gasteiger partial charge in [-0.1, -0.05) is 6.07 Å². The Kier molecular flexibility index (Phi) is 5.01. The maximum absolute atomic E-state index is 12.3. The summed E-state index contributed by atoms with van der Waals surface area (Å²) in [6, 6.07) is 9.50. The molecule has 138 valence electrons. The number of sulfonamides is 1. The van der Waals surface area contributed by atoms with Crippen LogP contribution in [0, 0.1) is 0 Å². The fourth-order valence-corrected chi connectivity index (χ4v) is 3.29. The van der Waals surface area contributed by atoms with Crippen molar-refractivity contribution in [3.63, 3.8) is 0 Å². The molecule has 0 fully saturated rings. The van der Waals surface area contributed by atoms with Crippen LogP contribution in [-0.2, 0) is 21.2 Å². The van der Waals surface area contributed by atoms with Gasteiger partial charge >= 0.3 is 0 Å². The van der Waals surface area contributed by atoms with E-state index in [-0.39, 0.29) is 23.0 Å². The average molecular weight is 378 g/mol. The summed E-state index contributed by atoms with van der Waals surface area (Å²) in [5.41, 5.74) is 1.05. The number of benzene rings is 2. The summed E-state index contributed by atoms with van der Waals surface area (Å²) in [5, 5.41) is 7.82. The number of fused-ring (bicyclic) bond motifs is 1. The van der Waals surface area contributed by atoms with Crippen molar-refractivity contribution in [1.82, 2.24) is 0 Å². The molecular formula is C17H18N2O6S. The van der Waals surface area contributed by atoms with Gasteiger partial charge in [-0.3, -0.25) is 4.79 Å². The maximum Gasteiger partial charge on any atom is 0.241 e. The Morgan fingerprint density at radius 1 is 1.15 bits per heavy atom. The van der Waals surface area contributed by atoms with Crippen LogP contribution in [0.3, 0.4) is 0 Å². The van der Waals surface area contributed by atoms with Crippen molar-refractivity contribution >= 4 is 21.6 Å². The molecule has 2 aromatic carbocycles. The van der Waals surface area contributed by atoms with Gasteiger partial charge in [0, 0.05) is 5.69 Å². The monoisotopic (exact) mass is 378 g/mol. The summed E-state index contributed by atoms with van der Waals surface area (Å²) in [7, 11) is -2.64. The lowest BCUT2D eigenvalue weighted by Gasteiger charge is -2.18. The van der Waals surface area contributed by atoms with Crippen LogP contribution < -0.4 is 24.7 Å². The Balaban J connectivity index is 1.74. The molecule has 0 radical (unpaired) electrons. The van der Waals surface area contributed by atoms with Gasteiger partial charge in [0.05, 0.1) is 13.5 Å². The molecule has 26 heavy (non-hydrogen) atoms. The van der Waals surface area contributed by atoms with Crippen molar-refractivity contribution in [2.75, 3.05) is 25.6 Å². The van der Waals surface area contributed by atoms with Crippen LogP contribution in [0.15, 0.2) is 41.3 Å². The smallest absolute Gasteiger partial charge is 0.241 e. The van der Waals surface area contributed by atoms with Crippen LogP contribution in [0.5, 0.6) is 17.2 Å². The zero-order chi connectivity index (χ0) is 18.7. The van der Waals surface area contributed by atoms with Crippen LogP contribution in [0.4, 0.5) is 5.69 Å². The predicted octanol–water partition coefficient (Wildman–Crippen LogP) is 1.29. The Bertz CT molecular complexity index is 942. The maximum atomic E-state index is 12.3. The number of carbonyl (C=O) groups is 1. The fourth-order valence-electron chi connectivity index (χ4n) is 2.57. The topological polar surface area (TPSA) is 117 Å². The number of hydrogen-bond donors (Lipinski definition) is 2. The van der Waals surface area contributed by atoms with E-state index < -0.39 is 10.0 Å². The van der Waals surface area contributed by atoms with E-state index in [2.05, 4.69) is 5.32 Å². The molecule has 0 atom stereocenters. The molecule has 1 aliphatic rings. The fraction of sp³-hybridized carbons (Fsp3) is 0.235. The number of primary sulfonamides is 1. The summed E-state index contributed by atoms with van der Waals surface area (Å²) in [5.74, 6) is 1.04. The lowest BCUT2D eigenvalue weighted by molar-refractivity contribution is -0.115. The highest BCUT2D eigenvalue weighted by Gasteiger charge is 2.17. The highest BCUT2D eigenvalue weighted by molar-refractivity contribution is 7.89. The first kappa shape index (κ1) is 18.0. The standard InChI is InChI=1S/C17H18N2O6S/c1-23-14-5-3-12(10-16(14)26(18,21)22)19-17(20)9-11-2-4-13-15(8-11)25-7-6-24-13/h2-5,8,10H,6-7,9H2,1H3,(H,19,20)(H2,18,21,22). The summed E-state index contributed by atoms with van der Waals surface area (Å²) in [4.78, 5) is 12.1. The molecule has 0 saturated heterocycles. The second-order valence-corrected chi connectivity index (χ2v) is 7.14. The third-order valence-electron chi connectivity index (χ3n) is 3.73. The van der Waals surface area contributed by atoms with E-state index in [1.807, 2.05) is 0 Å². The Labute approximate surface area is 150 Å². The molecule has 0 spiro atoms. The summed E-state index contributed by atoms with van der Waals surface area (Å²) in [6.07, 6.45) is 0.0907. The van der Waals surface area contributed by atoms with Crippen molar-refractivity contribution < 1.29 is 27.4 Å². The normalized spacial score (nSPS) is 13.2. The predicted molar refractivity (Wildman–Crippen MR) is 94.1 cm³/mol. The van der Waals surface area contributed by atoms with E-state index in [4.69, 9.17) is 19.3 Å². The van der Waals surface area contributed by atoms with Crippen LogP contribution in [-0.4, -0.2) is 34.6 Å². The van der Waals surface area contributed by atoms with Crippen molar-refractivity contribution in [2.24, 2.45) is 5.14 Å². The number of amides is 1. The second kappa shape index (κ2) is 7.22. The average Bonchev–Trinajstić information content (AvgIpc) is 2.60. The van der Waals surface area contributed by atoms with Crippen LogP contribution >= 0.6 is 0 Å². The van der Waals surface area contributed by atoms with Crippen molar-refractivity contribution in [1.29, 1.82) is 0 Å². The Morgan fingerprint density at radius 3 is 2.58 bits per heavy atom. The number of ether oxygens (including phenoxy) is 3. The molecular weight excluding hydrogens is 360 g/mol. The SMILES string of the molecule is COc1ccc(NC(=O)Cc2ccc3c(c2)OCCO3)cc1S(N)(=O)=O. The van der Waals surface area contributed by atoms with Crippen LogP contribution in [0.2, 0.25) is 0 Å². The molecule has 9 heteroatoms. The van der Waals surface area contributed by atoms with E-state index in [9.17, 15) is 13.2 Å². The molecule has 0 aromatic heterocycles. The van der Waals surface area contributed by atoms with Crippen LogP contribution in [0.1, 0.15) is 5.56 Å². The quantitative estimate of drug-likeness (QED) is 0.810. The van der Waals surface area contributed by atoms with E-state index in [1.165, 1.54) is 25.3 Å². The number of rotatable bonds is 5. The zero-order valence-electron chi connectivity index (χ0n) is 14.0. The number of nitrogens with two attached hydrogens (primary N) is 1. The van der Waals surface area contributed by atoms with Gasteiger partial charge in [-0.2, -0.15) is 0 Å². The highest BCUT2D eigenvalue weighted by atomic mass is 32.2. The van der Waals surface area contributed by atoms with Gasteiger partial charge < -0.3 is 19.5 Å². The third-order valence-corrected chi connectivity index (χ3v) is 4.66. The number of nitrogens with one attached hydrogen (secondary N) is 1. The molecule has 1 aliphatic heterocycles. The van der Waals surface area contributed by atoms with E-state index in [0.717, 1.165) is 5.56 Å². The number of anilines is 1. The summed E-state index contributed by atoms with van der Waals surface area (Å²) in [6.45, 7) is 0.960. The van der Waals surface area contributed by atoms with E-state index in [1.54, 1.807) is 18.2 Å². The van der Waals surface area contributed by atoms with E-state index in [0.29, 0.717) is 30.4 Å². The molecule has 1 amide bonds. The number of hydrogen-bond acceptors (Lipinski definition) is 6. The van der Waals surface area contributed by atoms with Gasteiger partial charge in [0.25, 0.3) is 0 Å². The first-order chi connectivity index (χ1) is 12.4. The lowest BCUT2D eigenvalue weighted by atomic mass is 10.1. The Hall–Kier alpha value is -2.78. The van der Waals surface area contributed by atoms with Gasteiger partial charge in [0.1, 0.15) is 23.9 Å². The molecule has 0 bridgehead atoms. The minimum absolute atomic E-state index is 0.0907. The van der Waals surface area contributed by atoms with Crippen molar-refractivity contribution in [3.05, 3.63) is 42.0 Å². The van der Waals surface area contributed by atoms with E-state index >= 15 is 0 Å². The molecule has 3 rings (SSSR count). The molecule has 0 saturated carbocycles. The van der Waals surface area contributed by atoms with Gasteiger partial charge in [0.2, 0.25) is 15.9 Å². The van der Waals surface area contributed by atoms with Gasteiger partial charge in [0.15, 0.2) is 11.5 Å². The first-order valence-corrected chi connectivity index (χ1v) is 9.30. The van der Waals surface area contributed by atoms with Crippen LogP contribution in [0.25, 0.3) is 0 Å². The molecule has 2 aromatic rings. The largest absolute Gasteiger partial charge is 0.495 e. The van der Waals surface area contributed by atoms with Crippen molar-refractivity contribution in [2.45, 2.75) is 11.3 Å². The second-order valence-electron chi connectivity index (χ2n) is 5.61. The third kappa shape index (κ3) is 4.06. The summed E-state index contributed by atoms with van der Waals surface area (Å²) >= 11 is 0. The van der Waals surface area contributed by atoms with Gasteiger partial charge in [-0.25, -0.2) is 13.6 Å².